The molecular weight excluding hydrogens is 370 g/mol. The molecule has 0 spiro atoms. The Hall–Kier alpha value is -3.19. The highest BCUT2D eigenvalue weighted by molar-refractivity contribution is 6.22. The van der Waals surface area contributed by atoms with Crippen molar-refractivity contribution in [3.05, 3.63) is 54.6 Å². The molecule has 2 aromatic carbocycles. The molecular formula is C22H23N3O4. The Morgan fingerprint density at radius 2 is 1.55 bits per heavy atom. The van der Waals surface area contributed by atoms with Crippen LogP contribution in [0.4, 0.5) is 11.4 Å². The quantitative estimate of drug-likeness (QED) is 0.450. The van der Waals surface area contributed by atoms with Crippen molar-refractivity contribution in [2.75, 3.05) is 36.0 Å². The summed E-state index contributed by atoms with van der Waals surface area (Å²) >= 11 is 0. The average molecular weight is 393 g/mol. The van der Waals surface area contributed by atoms with E-state index in [1.165, 1.54) is 17.5 Å². The molecule has 0 unspecified atom stereocenters. The molecule has 2 amide bonds. The molecule has 2 aliphatic rings. The van der Waals surface area contributed by atoms with E-state index in [0.717, 1.165) is 26.2 Å². The monoisotopic (exact) mass is 393 g/mol. The Balaban J connectivity index is 1.41. The maximum absolute atomic E-state index is 13.0. The minimum absolute atomic E-state index is 0.190. The summed E-state index contributed by atoms with van der Waals surface area (Å²) in [5.74, 6) is -0.427. The summed E-state index contributed by atoms with van der Waals surface area (Å²) in [5.41, 5.74) is 1.68. The van der Waals surface area contributed by atoms with Crippen LogP contribution in [0, 0.1) is 0 Å². The van der Waals surface area contributed by atoms with Crippen LogP contribution in [-0.2, 0) is 14.4 Å². The third-order valence-electron chi connectivity index (χ3n) is 5.36. The number of nitrogens with zero attached hydrogens (tertiary/aromatic N) is 3. The summed E-state index contributed by atoms with van der Waals surface area (Å²) < 4.78 is 5.01. The molecule has 0 bridgehead atoms. The van der Waals surface area contributed by atoms with Crippen LogP contribution in [0.15, 0.2) is 54.6 Å². The van der Waals surface area contributed by atoms with Gasteiger partial charge in [-0.3, -0.25) is 19.3 Å². The summed E-state index contributed by atoms with van der Waals surface area (Å²) in [6.07, 6.45) is 0.190. The SMILES string of the molecule is CC(=O)Oc1ccc(N2C(=O)C[C@H](N3CCN(c4ccccc4)CC3)C2=O)cc1. The van der Waals surface area contributed by atoms with Crippen molar-refractivity contribution in [3.63, 3.8) is 0 Å². The number of imide groups is 1. The topological polar surface area (TPSA) is 70.2 Å². The number of ether oxygens (including phenoxy) is 1. The first-order chi connectivity index (χ1) is 14.0. The molecule has 4 rings (SSSR count). The molecule has 0 aliphatic carbocycles. The smallest absolute Gasteiger partial charge is 0.308 e. The molecule has 2 saturated heterocycles. The number of para-hydroxylation sites is 1. The van der Waals surface area contributed by atoms with Crippen molar-refractivity contribution in [2.45, 2.75) is 19.4 Å². The van der Waals surface area contributed by atoms with E-state index < -0.39 is 12.0 Å². The summed E-state index contributed by atoms with van der Waals surface area (Å²) in [7, 11) is 0. The predicted molar refractivity (Wildman–Crippen MR) is 109 cm³/mol. The third kappa shape index (κ3) is 4.00. The fourth-order valence-corrected chi connectivity index (χ4v) is 3.93. The van der Waals surface area contributed by atoms with Crippen LogP contribution >= 0.6 is 0 Å². The summed E-state index contributed by atoms with van der Waals surface area (Å²) in [6.45, 7) is 4.43. The molecule has 2 fully saturated rings. The maximum Gasteiger partial charge on any atom is 0.308 e. The Morgan fingerprint density at radius 3 is 2.17 bits per heavy atom. The molecule has 2 heterocycles. The van der Waals surface area contributed by atoms with Gasteiger partial charge in [0.05, 0.1) is 18.2 Å². The molecule has 2 aromatic rings. The first-order valence-electron chi connectivity index (χ1n) is 9.72. The van der Waals surface area contributed by atoms with E-state index in [2.05, 4.69) is 21.9 Å². The highest BCUT2D eigenvalue weighted by atomic mass is 16.5. The van der Waals surface area contributed by atoms with Crippen LogP contribution in [0.1, 0.15) is 13.3 Å². The van der Waals surface area contributed by atoms with Crippen molar-refractivity contribution >= 4 is 29.2 Å². The van der Waals surface area contributed by atoms with Crippen LogP contribution in [0.5, 0.6) is 5.75 Å². The van der Waals surface area contributed by atoms with Gasteiger partial charge in [-0.1, -0.05) is 18.2 Å². The number of benzene rings is 2. The number of amides is 2. The lowest BCUT2D eigenvalue weighted by molar-refractivity contribution is -0.132. The lowest BCUT2D eigenvalue weighted by Crippen LogP contribution is -2.52. The van der Waals surface area contributed by atoms with Crippen LogP contribution in [0.2, 0.25) is 0 Å². The second-order valence-electron chi connectivity index (χ2n) is 7.23. The molecule has 7 heteroatoms. The lowest BCUT2D eigenvalue weighted by Gasteiger charge is -2.38. The van der Waals surface area contributed by atoms with Gasteiger partial charge >= 0.3 is 5.97 Å². The Bertz CT molecular complexity index is 905. The van der Waals surface area contributed by atoms with E-state index in [1.54, 1.807) is 24.3 Å². The van der Waals surface area contributed by atoms with Crippen LogP contribution in [0.25, 0.3) is 0 Å². The van der Waals surface area contributed by atoms with Crippen LogP contribution in [-0.4, -0.2) is 54.9 Å². The van der Waals surface area contributed by atoms with E-state index in [-0.39, 0.29) is 18.2 Å². The first kappa shape index (κ1) is 19.1. The van der Waals surface area contributed by atoms with Gasteiger partial charge in [-0.15, -0.1) is 0 Å². The molecule has 2 aliphatic heterocycles. The van der Waals surface area contributed by atoms with Gasteiger partial charge in [-0.2, -0.15) is 0 Å². The zero-order valence-electron chi connectivity index (χ0n) is 16.3. The van der Waals surface area contributed by atoms with Gasteiger partial charge < -0.3 is 9.64 Å². The van der Waals surface area contributed by atoms with Crippen molar-refractivity contribution < 1.29 is 19.1 Å². The zero-order chi connectivity index (χ0) is 20.4. The Morgan fingerprint density at radius 1 is 0.897 bits per heavy atom. The number of rotatable bonds is 4. The number of carbonyl (C=O) groups is 3. The highest BCUT2D eigenvalue weighted by Crippen LogP contribution is 2.28. The van der Waals surface area contributed by atoms with E-state index in [0.29, 0.717) is 11.4 Å². The van der Waals surface area contributed by atoms with Gasteiger partial charge in [-0.25, -0.2) is 4.90 Å². The number of carbonyl (C=O) groups excluding carboxylic acids is 3. The summed E-state index contributed by atoms with van der Waals surface area (Å²) in [5, 5.41) is 0. The zero-order valence-corrected chi connectivity index (χ0v) is 16.3. The number of esters is 1. The van der Waals surface area contributed by atoms with Gasteiger partial charge in [0.1, 0.15) is 5.75 Å². The van der Waals surface area contributed by atoms with Gasteiger partial charge in [0.2, 0.25) is 5.91 Å². The van der Waals surface area contributed by atoms with E-state index in [9.17, 15) is 14.4 Å². The largest absolute Gasteiger partial charge is 0.427 e. The molecule has 7 nitrogen and oxygen atoms in total. The van der Waals surface area contributed by atoms with Gasteiger partial charge in [0, 0.05) is 38.8 Å². The number of hydrogen-bond donors (Lipinski definition) is 0. The minimum atomic E-state index is -0.423. The average Bonchev–Trinajstić information content (AvgIpc) is 3.03. The second kappa shape index (κ2) is 8.05. The second-order valence-corrected chi connectivity index (χ2v) is 7.23. The van der Waals surface area contributed by atoms with Crippen molar-refractivity contribution in [1.29, 1.82) is 0 Å². The Kier molecular flexibility index (Phi) is 5.31. The highest BCUT2D eigenvalue weighted by Gasteiger charge is 2.43. The van der Waals surface area contributed by atoms with E-state index >= 15 is 0 Å². The molecule has 0 aromatic heterocycles. The normalized spacial score (nSPS) is 20.2. The standard InChI is InChI=1S/C22H23N3O4/c1-16(26)29-19-9-7-18(8-10-19)25-21(27)15-20(22(25)28)24-13-11-23(12-14-24)17-5-3-2-4-6-17/h2-10,20H,11-15H2,1H3/t20-/m0/s1. The van der Waals surface area contributed by atoms with E-state index in [4.69, 9.17) is 4.74 Å². The molecule has 150 valence electrons. The lowest BCUT2D eigenvalue weighted by atomic mass is 10.1. The predicted octanol–water partition coefficient (Wildman–Crippen LogP) is 2.07. The Labute approximate surface area is 169 Å². The third-order valence-corrected chi connectivity index (χ3v) is 5.36. The van der Waals surface area contributed by atoms with Crippen LogP contribution < -0.4 is 14.5 Å². The maximum atomic E-state index is 13.0. The minimum Gasteiger partial charge on any atom is -0.427 e. The van der Waals surface area contributed by atoms with Crippen LogP contribution in [0.3, 0.4) is 0 Å². The summed E-state index contributed by atoms with van der Waals surface area (Å²) in [6, 6.07) is 16.2. The van der Waals surface area contributed by atoms with E-state index in [1.807, 2.05) is 18.2 Å². The van der Waals surface area contributed by atoms with Gasteiger partial charge in [0.25, 0.3) is 5.91 Å². The molecule has 1 atom stereocenters. The first-order valence-corrected chi connectivity index (χ1v) is 9.72. The fraction of sp³-hybridized carbons (Fsp3) is 0.318. The molecule has 29 heavy (non-hydrogen) atoms. The van der Waals surface area contributed by atoms with Gasteiger partial charge in [-0.05, 0) is 36.4 Å². The fourth-order valence-electron chi connectivity index (χ4n) is 3.93. The molecule has 0 N–H and O–H groups in total. The molecule has 0 radical (unpaired) electrons. The van der Waals surface area contributed by atoms with Crippen molar-refractivity contribution in [1.82, 2.24) is 4.90 Å². The summed E-state index contributed by atoms with van der Waals surface area (Å²) in [4.78, 5) is 42.2. The number of piperazine rings is 1. The number of anilines is 2. The number of hydrogen-bond acceptors (Lipinski definition) is 6. The van der Waals surface area contributed by atoms with Gasteiger partial charge in [0.15, 0.2) is 0 Å². The van der Waals surface area contributed by atoms with Crippen molar-refractivity contribution in [2.24, 2.45) is 0 Å². The molecule has 0 saturated carbocycles. The van der Waals surface area contributed by atoms with Crippen molar-refractivity contribution in [3.8, 4) is 5.75 Å².